The molecule has 0 radical (unpaired) electrons. The van der Waals surface area contributed by atoms with Crippen LogP contribution in [-0.4, -0.2) is 36.5 Å². The lowest BCUT2D eigenvalue weighted by Crippen LogP contribution is -2.57. The molecule has 0 bridgehead atoms. The Morgan fingerprint density at radius 1 is 0.842 bits per heavy atom. The Bertz CT molecular complexity index is 340. The quantitative estimate of drug-likeness (QED) is 0.588. The first-order chi connectivity index (χ1) is 8.04. The van der Waals surface area contributed by atoms with Crippen molar-refractivity contribution in [1.29, 1.82) is 0 Å². The Morgan fingerprint density at radius 2 is 1.21 bits per heavy atom. The van der Waals surface area contributed by atoms with Gasteiger partial charge >= 0.3 is 30.4 Å². The molecule has 0 saturated carbocycles. The van der Waals surface area contributed by atoms with Crippen LogP contribution in [0.4, 0.5) is 48.3 Å². The summed E-state index contributed by atoms with van der Waals surface area (Å²) < 4.78 is 132. The van der Waals surface area contributed by atoms with Gasteiger partial charge in [-0.15, -0.1) is 0 Å². The molecule has 0 rings (SSSR count). The Balaban J connectivity index is 5.41. The molecule has 0 aliphatic carbocycles. The molecule has 0 saturated heterocycles. The van der Waals surface area contributed by atoms with Gasteiger partial charge in [0.1, 0.15) is 0 Å². The summed E-state index contributed by atoms with van der Waals surface area (Å²) in [7, 11) is 0. The predicted molar refractivity (Wildman–Crippen MR) is 33.0 cm³/mol. The second-order valence-corrected chi connectivity index (χ2v) is 2.93. The molecule has 13 heteroatoms. The molecule has 0 aromatic rings. The number of ether oxygens (including phenoxy) is 1. The summed E-state index contributed by atoms with van der Waals surface area (Å²) in [6, 6.07) is -3.70. The number of hydrogen-bond donors (Lipinski definition) is 0. The molecule has 0 amide bonds. The normalized spacial score (nSPS) is 16.4. The van der Waals surface area contributed by atoms with Crippen LogP contribution in [0.1, 0.15) is 0 Å². The molecular formula is C6HF11O2. The monoisotopic (exact) mass is 314 g/mol. The highest BCUT2D eigenvalue weighted by Crippen LogP contribution is 2.48. The first-order valence-electron chi connectivity index (χ1n) is 3.80. The van der Waals surface area contributed by atoms with Gasteiger partial charge in [-0.1, -0.05) is 0 Å². The van der Waals surface area contributed by atoms with Crippen molar-refractivity contribution in [2.75, 3.05) is 0 Å². The molecule has 0 aliphatic rings. The Kier molecular flexibility index (Phi) is 4.47. The number of rotatable bonds is 4. The summed E-state index contributed by atoms with van der Waals surface area (Å²) in [4.78, 5) is 9.67. The molecule has 0 spiro atoms. The summed E-state index contributed by atoms with van der Waals surface area (Å²) >= 11 is 0. The van der Waals surface area contributed by atoms with Gasteiger partial charge in [0, 0.05) is 0 Å². The van der Waals surface area contributed by atoms with E-state index in [0.29, 0.717) is 0 Å². The molecule has 1 atom stereocenters. The highest BCUT2D eigenvalue weighted by Gasteiger charge is 2.76. The Morgan fingerprint density at radius 3 is 1.42 bits per heavy atom. The first kappa shape index (κ1) is 17.9. The number of halogens is 11. The van der Waals surface area contributed by atoms with E-state index in [1.807, 2.05) is 4.74 Å². The van der Waals surface area contributed by atoms with Crippen LogP contribution in [0.25, 0.3) is 0 Å². The average Bonchev–Trinajstić information content (AvgIpc) is 2.09. The summed E-state index contributed by atoms with van der Waals surface area (Å²) in [6.45, 7) is 0. The minimum Gasteiger partial charge on any atom is -0.291 e. The first-order valence-corrected chi connectivity index (χ1v) is 3.80. The van der Waals surface area contributed by atoms with E-state index in [1.54, 1.807) is 0 Å². The Labute approximate surface area is 95.7 Å². The van der Waals surface area contributed by atoms with Gasteiger partial charge in [-0.3, -0.25) is 9.53 Å². The SMILES string of the molecule is O=C(F)C(OC(F)(F)C(F)(F)C(F)(F)F)C(F)(F)F. The van der Waals surface area contributed by atoms with E-state index in [2.05, 4.69) is 0 Å². The molecule has 2 nitrogen and oxygen atoms in total. The molecule has 114 valence electrons. The zero-order chi connectivity index (χ0) is 15.9. The summed E-state index contributed by atoms with van der Waals surface area (Å²) in [5.74, 6) is -7.06. The van der Waals surface area contributed by atoms with E-state index in [0.717, 1.165) is 0 Å². The number of hydrogen-bond acceptors (Lipinski definition) is 2. The molecule has 0 aliphatic heterocycles. The van der Waals surface area contributed by atoms with Crippen LogP contribution in [0.5, 0.6) is 0 Å². The van der Waals surface area contributed by atoms with Gasteiger partial charge in [0.25, 0.3) is 0 Å². The fourth-order valence-corrected chi connectivity index (χ4v) is 0.629. The van der Waals surface area contributed by atoms with Crippen LogP contribution >= 0.6 is 0 Å². The van der Waals surface area contributed by atoms with Crippen LogP contribution in [0.3, 0.4) is 0 Å². The van der Waals surface area contributed by atoms with Crippen LogP contribution in [0, 0.1) is 0 Å². The molecule has 19 heavy (non-hydrogen) atoms. The van der Waals surface area contributed by atoms with E-state index < -0.39 is 36.5 Å². The third-order valence-corrected chi connectivity index (χ3v) is 1.49. The fourth-order valence-electron chi connectivity index (χ4n) is 0.629. The summed E-state index contributed by atoms with van der Waals surface area (Å²) in [6.07, 6.45) is -24.8. The minimum atomic E-state index is -7.06. The zero-order valence-corrected chi connectivity index (χ0v) is 8.05. The van der Waals surface area contributed by atoms with Gasteiger partial charge in [0.2, 0.25) is 6.10 Å². The van der Waals surface area contributed by atoms with Crippen molar-refractivity contribution in [2.45, 2.75) is 30.5 Å². The molecule has 0 aromatic carbocycles. The van der Waals surface area contributed by atoms with Gasteiger partial charge in [-0.2, -0.15) is 48.3 Å². The van der Waals surface area contributed by atoms with Crippen molar-refractivity contribution in [1.82, 2.24) is 0 Å². The van der Waals surface area contributed by atoms with Crippen LogP contribution < -0.4 is 0 Å². The molecule has 0 aromatic heterocycles. The van der Waals surface area contributed by atoms with E-state index in [-0.39, 0.29) is 0 Å². The maximum atomic E-state index is 12.3. The summed E-state index contributed by atoms with van der Waals surface area (Å²) in [5, 5.41) is 0. The highest BCUT2D eigenvalue weighted by molar-refractivity contribution is 5.74. The number of carbonyl (C=O) groups is 1. The standard InChI is InChI=1S/C6HF11O2/c7-2(18)1(3(8,9)10)19-6(16,17)4(11,12)5(13,14)15/h1H. The summed E-state index contributed by atoms with van der Waals surface area (Å²) in [5.41, 5.74) is 0. The lowest BCUT2D eigenvalue weighted by molar-refractivity contribution is -0.441. The van der Waals surface area contributed by atoms with Crippen molar-refractivity contribution < 1.29 is 57.8 Å². The van der Waals surface area contributed by atoms with Crippen molar-refractivity contribution in [3.63, 3.8) is 0 Å². The van der Waals surface area contributed by atoms with Gasteiger partial charge in [-0.25, -0.2) is 0 Å². The second kappa shape index (κ2) is 4.76. The van der Waals surface area contributed by atoms with Gasteiger partial charge in [0.15, 0.2) is 0 Å². The number of carbonyl (C=O) groups excluding carboxylic acids is 1. The van der Waals surface area contributed by atoms with Gasteiger partial charge in [0.05, 0.1) is 0 Å². The minimum absolute atomic E-state index is 2.00. The van der Waals surface area contributed by atoms with Crippen molar-refractivity contribution >= 4 is 6.04 Å². The zero-order valence-electron chi connectivity index (χ0n) is 8.05. The topological polar surface area (TPSA) is 26.3 Å². The van der Waals surface area contributed by atoms with Crippen molar-refractivity contribution in [3.05, 3.63) is 0 Å². The number of alkyl halides is 10. The Hall–Kier alpha value is -1.14. The molecular weight excluding hydrogens is 313 g/mol. The van der Waals surface area contributed by atoms with Crippen LogP contribution in [0.2, 0.25) is 0 Å². The van der Waals surface area contributed by atoms with E-state index in [1.165, 1.54) is 0 Å². The van der Waals surface area contributed by atoms with Crippen LogP contribution in [0.15, 0.2) is 0 Å². The smallest absolute Gasteiger partial charge is 0.291 e. The molecule has 1 unspecified atom stereocenters. The average molecular weight is 314 g/mol. The third-order valence-electron chi connectivity index (χ3n) is 1.49. The fraction of sp³-hybridized carbons (Fsp3) is 0.833. The van der Waals surface area contributed by atoms with Crippen molar-refractivity contribution in [2.24, 2.45) is 0 Å². The van der Waals surface area contributed by atoms with Gasteiger partial charge < -0.3 is 0 Å². The maximum absolute atomic E-state index is 12.3. The largest absolute Gasteiger partial charge is 0.462 e. The van der Waals surface area contributed by atoms with Crippen LogP contribution in [-0.2, 0) is 9.53 Å². The molecule has 0 heterocycles. The second-order valence-electron chi connectivity index (χ2n) is 2.93. The highest BCUT2D eigenvalue weighted by atomic mass is 19.4. The molecule has 0 fully saturated rings. The van der Waals surface area contributed by atoms with Crippen molar-refractivity contribution in [3.8, 4) is 0 Å². The lowest BCUT2D eigenvalue weighted by atomic mass is 10.3. The molecule has 0 N–H and O–H groups in total. The van der Waals surface area contributed by atoms with E-state index in [9.17, 15) is 53.1 Å². The van der Waals surface area contributed by atoms with E-state index >= 15 is 0 Å². The van der Waals surface area contributed by atoms with E-state index in [4.69, 9.17) is 0 Å². The maximum Gasteiger partial charge on any atom is 0.462 e. The predicted octanol–water partition coefficient (Wildman–Crippen LogP) is 3.22. The third kappa shape index (κ3) is 3.67. The lowest BCUT2D eigenvalue weighted by Gasteiger charge is -2.30. The van der Waals surface area contributed by atoms with Gasteiger partial charge in [-0.05, 0) is 0 Å².